The molecule has 1 aromatic heterocycles. The van der Waals surface area contributed by atoms with E-state index in [0.717, 1.165) is 5.56 Å². The molecule has 23 heavy (non-hydrogen) atoms. The van der Waals surface area contributed by atoms with Gasteiger partial charge in [-0.25, -0.2) is 4.68 Å². The highest BCUT2D eigenvalue weighted by molar-refractivity contribution is 6.33. The number of rotatable bonds is 4. The average molecular weight is 334 g/mol. The molecule has 0 aliphatic carbocycles. The molecule has 1 atom stereocenters. The lowest BCUT2D eigenvalue weighted by atomic mass is 10.2. The van der Waals surface area contributed by atoms with E-state index in [-0.39, 0.29) is 18.2 Å². The fourth-order valence-corrected chi connectivity index (χ4v) is 2.68. The molecule has 8 heteroatoms. The van der Waals surface area contributed by atoms with Crippen LogP contribution in [0.1, 0.15) is 30.8 Å². The smallest absolute Gasteiger partial charge is 0.252 e. The van der Waals surface area contributed by atoms with Crippen molar-refractivity contribution in [2.24, 2.45) is 0 Å². The second-order valence-corrected chi connectivity index (χ2v) is 5.80. The molecule has 3 rings (SSSR count). The number of halogens is 1. The Kier molecular flexibility index (Phi) is 4.04. The van der Waals surface area contributed by atoms with Crippen LogP contribution in [0.5, 0.6) is 0 Å². The first-order chi connectivity index (χ1) is 11.0. The molecule has 1 aliphatic rings. The van der Waals surface area contributed by atoms with Crippen LogP contribution in [-0.4, -0.2) is 26.6 Å². The van der Waals surface area contributed by atoms with Gasteiger partial charge in [-0.05, 0) is 24.6 Å². The molecule has 0 radical (unpaired) electrons. The monoisotopic (exact) mass is 333 g/mol. The fourth-order valence-electron chi connectivity index (χ4n) is 2.40. The van der Waals surface area contributed by atoms with E-state index < -0.39 is 6.04 Å². The quantitative estimate of drug-likeness (QED) is 0.898. The lowest BCUT2D eigenvalue weighted by Crippen LogP contribution is -2.24. The zero-order valence-corrected chi connectivity index (χ0v) is 13.5. The van der Waals surface area contributed by atoms with Crippen LogP contribution in [0.2, 0.25) is 5.02 Å². The first-order valence-corrected chi connectivity index (χ1v) is 7.68. The zero-order chi connectivity index (χ0) is 16.6. The molecular formula is C15H16ClN5O2. The lowest BCUT2D eigenvalue weighted by Gasteiger charge is -2.11. The lowest BCUT2D eigenvalue weighted by molar-refractivity contribution is -0.123. The van der Waals surface area contributed by atoms with E-state index in [2.05, 4.69) is 20.7 Å². The molecule has 1 aliphatic heterocycles. The molecule has 2 amide bonds. The SMILES string of the molecule is CCc1nc2n(n1)[C@H](CC(=O)Nc1ccc(C)cc1Cl)C(=O)N2. The molecule has 2 heterocycles. The van der Waals surface area contributed by atoms with Gasteiger partial charge in [0.05, 0.1) is 17.1 Å². The summed E-state index contributed by atoms with van der Waals surface area (Å²) in [6.45, 7) is 3.84. The number of nitrogens with zero attached hydrogens (tertiary/aromatic N) is 3. The summed E-state index contributed by atoms with van der Waals surface area (Å²) in [4.78, 5) is 28.4. The molecule has 1 aromatic carbocycles. The van der Waals surface area contributed by atoms with Gasteiger partial charge >= 0.3 is 0 Å². The van der Waals surface area contributed by atoms with E-state index in [4.69, 9.17) is 11.6 Å². The number of nitrogens with one attached hydrogen (secondary N) is 2. The summed E-state index contributed by atoms with van der Waals surface area (Å²) >= 11 is 6.10. The number of fused-ring (bicyclic) bond motifs is 1. The van der Waals surface area contributed by atoms with E-state index in [1.54, 1.807) is 12.1 Å². The Morgan fingerprint density at radius 3 is 2.96 bits per heavy atom. The van der Waals surface area contributed by atoms with Crippen LogP contribution >= 0.6 is 11.6 Å². The Bertz CT molecular complexity index is 786. The Hall–Kier alpha value is -2.41. The number of amides is 2. The first-order valence-electron chi connectivity index (χ1n) is 7.30. The van der Waals surface area contributed by atoms with Crippen molar-refractivity contribution in [3.63, 3.8) is 0 Å². The molecule has 7 nitrogen and oxygen atoms in total. The maximum Gasteiger partial charge on any atom is 0.252 e. The second-order valence-electron chi connectivity index (χ2n) is 5.39. The van der Waals surface area contributed by atoms with Gasteiger partial charge in [0.25, 0.3) is 5.91 Å². The molecule has 0 saturated heterocycles. The van der Waals surface area contributed by atoms with E-state index in [9.17, 15) is 9.59 Å². The third-order valence-corrected chi connectivity index (χ3v) is 3.91. The minimum Gasteiger partial charge on any atom is -0.325 e. The normalized spacial score (nSPS) is 16.1. The summed E-state index contributed by atoms with van der Waals surface area (Å²) < 4.78 is 1.47. The van der Waals surface area contributed by atoms with Crippen LogP contribution in [0.4, 0.5) is 11.6 Å². The Morgan fingerprint density at radius 2 is 2.26 bits per heavy atom. The summed E-state index contributed by atoms with van der Waals surface area (Å²) in [7, 11) is 0. The van der Waals surface area contributed by atoms with Crippen LogP contribution < -0.4 is 10.6 Å². The minimum absolute atomic E-state index is 0.0322. The molecule has 0 spiro atoms. The predicted molar refractivity (Wildman–Crippen MR) is 86.5 cm³/mol. The Morgan fingerprint density at radius 1 is 1.48 bits per heavy atom. The minimum atomic E-state index is -0.693. The molecule has 2 aromatic rings. The van der Waals surface area contributed by atoms with Crippen molar-refractivity contribution < 1.29 is 9.59 Å². The molecule has 0 fully saturated rings. The van der Waals surface area contributed by atoms with Gasteiger partial charge in [-0.15, -0.1) is 0 Å². The molecule has 0 saturated carbocycles. The first kappa shape index (κ1) is 15.5. The van der Waals surface area contributed by atoms with Gasteiger partial charge in [0, 0.05) is 6.42 Å². The third-order valence-electron chi connectivity index (χ3n) is 3.60. The van der Waals surface area contributed by atoms with Crippen molar-refractivity contribution in [1.82, 2.24) is 14.8 Å². The van der Waals surface area contributed by atoms with Crippen LogP contribution in [-0.2, 0) is 16.0 Å². The standard InChI is InChI=1S/C15H16ClN5O2/c1-3-12-18-15-19-14(23)11(21(15)20-12)7-13(22)17-10-5-4-8(2)6-9(10)16/h4-6,11H,3,7H2,1-2H3,(H,17,22)(H,18,19,20,23)/t11-/m1/s1. The van der Waals surface area contributed by atoms with Gasteiger partial charge in [-0.3, -0.25) is 14.9 Å². The van der Waals surface area contributed by atoms with Crippen LogP contribution in [0.15, 0.2) is 18.2 Å². The van der Waals surface area contributed by atoms with Crippen LogP contribution in [0, 0.1) is 6.92 Å². The number of carbonyl (C=O) groups excluding carboxylic acids is 2. The van der Waals surface area contributed by atoms with Gasteiger partial charge in [0.15, 0.2) is 5.82 Å². The van der Waals surface area contributed by atoms with Crippen molar-refractivity contribution in [3.8, 4) is 0 Å². The molecule has 2 N–H and O–H groups in total. The van der Waals surface area contributed by atoms with Crippen molar-refractivity contribution >= 4 is 35.1 Å². The van der Waals surface area contributed by atoms with E-state index in [1.807, 2.05) is 19.9 Å². The van der Waals surface area contributed by atoms with E-state index >= 15 is 0 Å². The topological polar surface area (TPSA) is 88.9 Å². The van der Waals surface area contributed by atoms with Crippen molar-refractivity contribution in [2.45, 2.75) is 32.7 Å². The van der Waals surface area contributed by atoms with Gasteiger partial charge in [0.1, 0.15) is 6.04 Å². The Balaban J connectivity index is 1.73. The van der Waals surface area contributed by atoms with Gasteiger partial charge in [-0.1, -0.05) is 24.6 Å². The van der Waals surface area contributed by atoms with Crippen molar-refractivity contribution in [2.75, 3.05) is 10.6 Å². The number of benzene rings is 1. The summed E-state index contributed by atoms with van der Waals surface area (Å²) in [6.07, 6.45) is 0.628. The largest absolute Gasteiger partial charge is 0.325 e. The highest BCUT2D eigenvalue weighted by atomic mass is 35.5. The maximum atomic E-state index is 12.2. The third kappa shape index (κ3) is 3.05. The number of hydrogen-bond acceptors (Lipinski definition) is 4. The number of anilines is 2. The predicted octanol–water partition coefficient (Wildman–Crippen LogP) is 2.32. The highest BCUT2D eigenvalue weighted by Gasteiger charge is 2.34. The molecule has 0 unspecified atom stereocenters. The summed E-state index contributed by atoms with van der Waals surface area (Å²) in [5.74, 6) is 0.426. The van der Waals surface area contributed by atoms with E-state index in [1.165, 1.54) is 4.68 Å². The average Bonchev–Trinajstić information content (AvgIpc) is 3.01. The summed E-state index contributed by atoms with van der Waals surface area (Å²) in [5.41, 5.74) is 1.52. The van der Waals surface area contributed by atoms with Crippen LogP contribution in [0.25, 0.3) is 0 Å². The van der Waals surface area contributed by atoms with Gasteiger partial charge < -0.3 is 5.32 Å². The van der Waals surface area contributed by atoms with Crippen molar-refractivity contribution in [3.05, 3.63) is 34.6 Å². The number of aromatic nitrogens is 3. The van der Waals surface area contributed by atoms with Crippen LogP contribution in [0.3, 0.4) is 0 Å². The maximum absolute atomic E-state index is 12.2. The molecule has 0 bridgehead atoms. The molecular weight excluding hydrogens is 318 g/mol. The van der Waals surface area contributed by atoms with Gasteiger partial charge in [-0.2, -0.15) is 10.1 Å². The van der Waals surface area contributed by atoms with Crippen molar-refractivity contribution in [1.29, 1.82) is 0 Å². The number of hydrogen-bond donors (Lipinski definition) is 2. The van der Waals surface area contributed by atoms with E-state index in [0.29, 0.717) is 28.9 Å². The zero-order valence-electron chi connectivity index (χ0n) is 12.8. The fraction of sp³-hybridized carbons (Fsp3) is 0.333. The number of carbonyl (C=O) groups is 2. The summed E-state index contributed by atoms with van der Waals surface area (Å²) in [6, 6.07) is 4.66. The second kappa shape index (κ2) is 6.00. The number of aryl methyl sites for hydroxylation is 2. The Labute approximate surface area is 138 Å². The summed E-state index contributed by atoms with van der Waals surface area (Å²) in [5, 5.41) is 10.1. The molecule has 120 valence electrons. The van der Waals surface area contributed by atoms with Gasteiger partial charge in [0.2, 0.25) is 11.9 Å². The highest BCUT2D eigenvalue weighted by Crippen LogP contribution is 2.27.